The summed E-state index contributed by atoms with van der Waals surface area (Å²) in [6, 6.07) is 62.2. The molecule has 0 atom stereocenters. The lowest BCUT2D eigenvalue weighted by atomic mass is 9.89. The molecule has 0 unspecified atom stereocenters. The van der Waals surface area contributed by atoms with Gasteiger partial charge in [-0.25, -0.2) is 0 Å². The van der Waals surface area contributed by atoms with Crippen molar-refractivity contribution in [2.24, 2.45) is 0 Å². The maximum atomic E-state index is 2.51. The van der Waals surface area contributed by atoms with Crippen LogP contribution < -0.4 is 0 Å². The van der Waals surface area contributed by atoms with Gasteiger partial charge in [-0.3, -0.25) is 0 Å². The molecule has 1 aliphatic rings. The second kappa shape index (κ2) is 32.2. The fourth-order valence-corrected chi connectivity index (χ4v) is 33.1. The number of allylic oxidation sites excluding steroid dienone is 2. The van der Waals surface area contributed by atoms with E-state index < -0.39 is 24.2 Å². The maximum absolute atomic E-state index is 2.51. The molecule has 0 bridgehead atoms. The average molecular weight is 1060 g/mol. The maximum Gasteiger partial charge on any atom is 0.121 e. The van der Waals surface area contributed by atoms with E-state index in [-0.39, 0.29) is 0 Å². The zero-order chi connectivity index (χ0) is 47.5. The van der Waals surface area contributed by atoms with E-state index in [0.717, 1.165) is 0 Å². The molecule has 0 amide bonds. The van der Waals surface area contributed by atoms with Crippen LogP contribution in [0.1, 0.15) is 73.6 Å². The van der Waals surface area contributed by atoms with E-state index in [0.29, 0.717) is 0 Å². The minimum absolute atomic E-state index is 1.32. The summed E-state index contributed by atoms with van der Waals surface area (Å²) in [6.45, 7) is 0. The highest BCUT2D eigenvalue weighted by atomic mass is 32.2. The first-order valence-electron chi connectivity index (χ1n) is 25.6. The van der Waals surface area contributed by atoms with Gasteiger partial charge in [-0.15, -0.1) is 0 Å². The van der Waals surface area contributed by atoms with Crippen molar-refractivity contribution in [3.05, 3.63) is 144 Å². The van der Waals surface area contributed by atoms with Crippen LogP contribution in [0.2, 0.25) is 60.4 Å². The molecule has 0 saturated heterocycles. The Bertz CT molecular complexity index is 1790. The number of hydrogen-bond acceptors (Lipinski definition) is 6. The molecule has 9 heteroatoms. The zero-order valence-electron chi connectivity index (χ0n) is 42.5. The molecule has 5 rings (SSSR count). The second-order valence-corrected chi connectivity index (χ2v) is 39.4. The quantitative estimate of drug-likeness (QED) is 0.0326. The van der Waals surface area contributed by atoms with Crippen molar-refractivity contribution in [3.8, 4) is 0 Å². The minimum atomic E-state index is -2.51. The van der Waals surface area contributed by atoms with Crippen LogP contribution in [0.25, 0.3) is 21.5 Å². The van der Waals surface area contributed by atoms with Crippen LogP contribution in [0, 0.1) is 0 Å². The number of rotatable bonds is 36. The molecule has 4 aromatic rings. The Morgan fingerprint density at radius 3 is 0.761 bits per heavy atom. The Kier molecular flexibility index (Phi) is 27.4. The Labute approximate surface area is 440 Å². The van der Waals surface area contributed by atoms with Crippen LogP contribution in [0.3, 0.4) is 0 Å². The summed E-state index contributed by atoms with van der Waals surface area (Å²) in [5, 5.41) is 3.49. The molecule has 0 saturated carbocycles. The van der Waals surface area contributed by atoms with E-state index in [2.05, 4.69) is 229 Å². The van der Waals surface area contributed by atoms with Gasteiger partial charge in [-0.05, 0) is 166 Å². The van der Waals surface area contributed by atoms with E-state index in [1.807, 2.05) is 0 Å². The highest BCUT2D eigenvalue weighted by molar-refractivity contribution is 7.99. The number of thioether (sulfide) groups is 6. The molecule has 0 nitrogen and oxygen atoms in total. The number of benzene rings is 4. The highest BCUT2D eigenvalue weighted by Crippen LogP contribution is 2.60. The predicted molar refractivity (Wildman–Crippen MR) is 332 cm³/mol. The first kappa shape index (κ1) is 57.0. The Morgan fingerprint density at radius 1 is 0.299 bits per heavy atom. The first-order chi connectivity index (χ1) is 33.0. The molecule has 1 heterocycles. The fraction of sp³-hybridized carbons (Fsp3) is 0.517. The fourth-order valence-electron chi connectivity index (χ4n) is 11.9. The van der Waals surface area contributed by atoms with Gasteiger partial charge < -0.3 is 0 Å². The monoisotopic (exact) mass is 1060 g/mol. The van der Waals surface area contributed by atoms with Crippen molar-refractivity contribution < 1.29 is 0 Å². The summed E-state index contributed by atoms with van der Waals surface area (Å²) >= 11 is 12.4. The highest BCUT2D eigenvalue weighted by Gasteiger charge is 2.50. The van der Waals surface area contributed by atoms with Gasteiger partial charge in [0, 0.05) is 0 Å². The van der Waals surface area contributed by atoms with Crippen LogP contribution in [0.4, 0.5) is 0 Å². The molecule has 0 spiro atoms. The molecular formula is C58H86S6Si3. The van der Waals surface area contributed by atoms with Gasteiger partial charge in [0.25, 0.3) is 0 Å². The normalized spacial score (nSPS) is 14.1. The molecule has 0 radical (unpaired) electrons. The van der Waals surface area contributed by atoms with Crippen molar-refractivity contribution in [1.29, 1.82) is 0 Å². The van der Waals surface area contributed by atoms with E-state index in [1.54, 1.807) is 10.4 Å². The molecular weight excluding hydrogens is 973 g/mol. The molecule has 4 aromatic carbocycles. The second-order valence-electron chi connectivity index (χ2n) is 19.3. The first-order valence-corrected chi connectivity index (χ1v) is 42.0. The summed E-state index contributed by atoms with van der Waals surface area (Å²) in [4.78, 5) is 0. The van der Waals surface area contributed by atoms with E-state index in [9.17, 15) is 0 Å². The van der Waals surface area contributed by atoms with Gasteiger partial charge in [0.05, 0.1) is 16.1 Å². The lowest BCUT2D eigenvalue weighted by molar-refractivity contribution is 0.872. The Balaban J connectivity index is 1.78. The van der Waals surface area contributed by atoms with Gasteiger partial charge in [0.2, 0.25) is 0 Å². The van der Waals surface area contributed by atoms with E-state index >= 15 is 0 Å². The van der Waals surface area contributed by atoms with Crippen LogP contribution in [-0.4, -0.2) is 96.3 Å². The molecule has 0 fully saturated rings. The van der Waals surface area contributed by atoms with E-state index in [4.69, 9.17) is 0 Å². The Hall–Kier alpha value is -0.889. The van der Waals surface area contributed by atoms with Crippen molar-refractivity contribution >= 4 is 116 Å². The third-order valence-electron chi connectivity index (χ3n) is 14.9. The van der Waals surface area contributed by atoms with Crippen molar-refractivity contribution in [1.82, 2.24) is 0 Å². The average Bonchev–Trinajstić information content (AvgIpc) is 3.66. The van der Waals surface area contributed by atoms with Crippen molar-refractivity contribution in [2.75, 3.05) is 72.1 Å². The lowest BCUT2D eigenvalue weighted by Crippen LogP contribution is -2.40. The van der Waals surface area contributed by atoms with Crippen molar-refractivity contribution in [2.45, 2.75) is 112 Å². The molecule has 0 aromatic heterocycles. The zero-order valence-corrected chi connectivity index (χ0v) is 50.4. The predicted octanol–water partition coefficient (Wildman–Crippen LogP) is 18.9. The van der Waals surface area contributed by atoms with Crippen LogP contribution in [0.15, 0.2) is 121 Å². The molecule has 366 valence electrons. The van der Waals surface area contributed by atoms with Crippen LogP contribution >= 0.6 is 70.6 Å². The summed E-state index contributed by atoms with van der Waals surface area (Å²) in [5.41, 5.74) is 8.84. The van der Waals surface area contributed by atoms with Crippen LogP contribution in [0.5, 0.6) is 0 Å². The SMILES string of the molecule is CSCCC[Si](CCCSC)(CCCSC)CCC[Si]1(CCC[Si](CCCSC)(CCCSC)CCCSC)C(c2ccccc2)=C(c2ccccc2)C(c2ccccc2)=C1c1ccccc1. The largest absolute Gasteiger partial charge is 0.165 e. The summed E-state index contributed by atoms with van der Waals surface area (Å²) in [6.07, 6.45) is 25.2. The standard InChI is InChI=1S/C58H86S6Si3/c1-59-35-19-41-65(42-20-36-60-2,43-21-37-61-3)47-25-49-67(50-26-48-66(44-22-38-62-4,45-23-39-63-5)46-24-40-64-6)57(53-31-15-9-16-32-53)55(51-27-11-7-12-28-51)56(52-29-13-8-14-30-52)58(67)54-33-17-10-18-34-54/h7-18,27-34H,19-26,35-50H2,1-6H3. The van der Waals surface area contributed by atoms with Gasteiger partial charge in [0.15, 0.2) is 0 Å². The smallest absolute Gasteiger partial charge is 0.121 e. The minimum Gasteiger partial charge on any atom is -0.165 e. The van der Waals surface area contributed by atoms with Crippen molar-refractivity contribution in [3.63, 3.8) is 0 Å². The third-order valence-corrected chi connectivity index (χ3v) is 35.8. The molecule has 1 aliphatic heterocycles. The Morgan fingerprint density at radius 2 is 0.522 bits per heavy atom. The summed E-state index contributed by atoms with van der Waals surface area (Å²) < 4.78 is 0. The van der Waals surface area contributed by atoms with Gasteiger partial charge in [0.1, 0.15) is 8.07 Å². The van der Waals surface area contributed by atoms with Gasteiger partial charge in [-0.2, -0.15) is 70.6 Å². The number of hydrogen-bond donors (Lipinski definition) is 0. The molecule has 0 N–H and O–H groups in total. The van der Waals surface area contributed by atoms with Gasteiger partial charge in [-0.1, -0.05) is 183 Å². The summed E-state index contributed by atoms with van der Waals surface area (Å²) in [5.74, 6) is 7.90. The molecule has 0 aliphatic carbocycles. The topological polar surface area (TPSA) is 0 Å². The lowest BCUT2D eigenvalue weighted by Gasteiger charge is -2.39. The molecule has 67 heavy (non-hydrogen) atoms. The third kappa shape index (κ3) is 17.1. The van der Waals surface area contributed by atoms with E-state index in [1.165, 1.54) is 180 Å². The van der Waals surface area contributed by atoms with Crippen LogP contribution in [-0.2, 0) is 0 Å². The summed E-state index contributed by atoms with van der Waals surface area (Å²) in [7, 11) is -5.60. The van der Waals surface area contributed by atoms with Gasteiger partial charge >= 0.3 is 0 Å².